The normalized spacial score (nSPS) is 14.6. The molecule has 0 saturated heterocycles. The van der Waals surface area contributed by atoms with Crippen molar-refractivity contribution >= 4 is 5.78 Å². The maximum absolute atomic E-state index is 13.1. The molecule has 0 spiro atoms. The molecule has 0 bridgehead atoms. The number of ketones is 1. The van der Waals surface area contributed by atoms with Gasteiger partial charge in [0.25, 0.3) is 0 Å². The van der Waals surface area contributed by atoms with Crippen LogP contribution in [-0.2, 0) is 11.2 Å². The van der Waals surface area contributed by atoms with Crippen LogP contribution in [0, 0.1) is 11.6 Å². The van der Waals surface area contributed by atoms with E-state index in [0.717, 1.165) is 12.1 Å². The molecule has 0 radical (unpaired) electrons. The van der Waals surface area contributed by atoms with Crippen LogP contribution in [0.25, 0.3) is 0 Å². The number of hydrogen-bond acceptors (Lipinski definition) is 2. The summed E-state index contributed by atoms with van der Waals surface area (Å²) in [7, 11) is 3.68. The Hall–Kier alpha value is -1.29. The van der Waals surface area contributed by atoms with Gasteiger partial charge in [-0.05, 0) is 45.1 Å². The lowest BCUT2D eigenvalue weighted by Crippen LogP contribution is -2.48. The van der Waals surface area contributed by atoms with E-state index in [0.29, 0.717) is 12.0 Å². The monoisotopic (exact) mass is 255 g/mol. The van der Waals surface area contributed by atoms with Gasteiger partial charge in [-0.3, -0.25) is 9.69 Å². The molecule has 0 amide bonds. The Kier molecular flexibility index (Phi) is 4.57. The number of carbonyl (C=O) groups excluding carboxylic acids is 1. The van der Waals surface area contributed by atoms with Crippen molar-refractivity contribution < 1.29 is 13.6 Å². The second kappa shape index (κ2) is 5.57. The van der Waals surface area contributed by atoms with Crippen molar-refractivity contribution in [2.75, 3.05) is 14.1 Å². The molecule has 0 fully saturated rings. The Balaban J connectivity index is 2.90. The summed E-state index contributed by atoms with van der Waals surface area (Å²) in [6.07, 6.45) is 0.780. The lowest BCUT2D eigenvalue weighted by Gasteiger charge is -2.34. The smallest absolute Gasteiger partial charge is 0.159 e. The van der Waals surface area contributed by atoms with Crippen molar-refractivity contribution in [1.29, 1.82) is 0 Å². The van der Waals surface area contributed by atoms with Gasteiger partial charge in [0.15, 0.2) is 17.4 Å². The number of likely N-dealkylation sites (N-methyl/N-ethyl adjacent to an activating group) is 1. The van der Waals surface area contributed by atoms with Crippen molar-refractivity contribution in [1.82, 2.24) is 4.90 Å². The zero-order chi connectivity index (χ0) is 13.9. The third kappa shape index (κ3) is 2.93. The Bertz CT molecular complexity index is 445. The summed E-state index contributed by atoms with van der Waals surface area (Å²) in [5, 5.41) is 0. The number of hydrogen-bond donors (Lipinski definition) is 0. The van der Waals surface area contributed by atoms with Crippen LogP contribution in [0.1, 0.15) is 25.8 Å². The highest BCUT2D eigenvalue weighted by Crippen LogP contribution is 2.20. The van der Waals surface area contributed by atoms with E-state index in [4.69, 9.17) is 0 Å². The van der Waals surface area contributed by atoms with Crippen LogP contribution >= 0.6 is 0 Å². The predicted molar refractivity (Wildman–Crippen MR) is 67.5 cm³/mol. The van der Waals surface area contributed by atoms with E-state index in [1.807, 2.05) is 32.8 Å². The van der Waals surface area contributed by atoms with Gasteiger partial charge in [-0.25, -0.2) is 8.78 Å². The average Bonchev–Trinajstić information content (AvgIpc) is 2.32. The molecule has 0 N–H and O–H groups in total. The van der Waals surface area contributed by atoms with E-state index in [2.05, 4.69) is 0 Å². The third-order valence-corrected chi connectivity index (χ3v) is 3.62. The second-order valence-corrected chi connectivity index (χ2v) is 4.87. The van der Waals surface area contributed by atoms with E-state index in [1.54, 1.807) is 0 Å². The molecule has 0 aromatic heterocycles. The molecule has 0 aliphatic carbocycles. The van der Waals surface area contributed by atoms with Gasteiger partial charge < -0.3 is 0 Å². The van der Waals surface area contributed by atoms with E-state index in [-0.39, 0.29) is 12.2 Å². The first-order valence-electron chi connectivity index (χ1n) is 5.96. The largest absolute Gasteiger partial charge is 0.297 e. The van der Waals surface area contributed by atoms with E-state index >= 15 is 0 Å². The fourth-order valence-electron chi connectivity index (χ4n) is 1.79. The average molecular weight is 255 g/mol. The van der Waals surface area contributed by atoms with E-state index in [9.17, 15) is 13.6 Å². The zero-order valence-corrected chi connectivity index (χ0v) is 11.3. The van der Waals surface area contributed by atoms with Gasteiger partial charge in [0, 0.05) is 6.42 Å². The summed E-state index contributed by atoms with van der Waals surface area (Å²) >= 11 is 0. The number of Topliss-reactive ketones (excluding diaryl/α,β-unsaturated/α-hetero) is 1. The summed E-state index contributed by atoms with van der Waals surface area (Å²) in [5.74, 6) is -1.80. The number of carbonyl (C=O) groups is 1. The van der Waals surface area contributed by atoms with Crippen molar-refractivity contribution in [2.45, 2.75) is 32.2 Å². The Morgan fingerprint density at radius 1 is 1.28 bits per heavy atom. The number of halogens is 2. The van der Waals surface area contributed by atoms with Crippen LogP contribution in [-0.4, -0.2) is 30.3 Å². The van der Waals surface area contributed by atoms with Crippen LogP contribution < -0.4 is 0 Å². The molecule has 0 aliphatic rings. The third-order valence-electron chi connectivity index (χ3n) is 3.62. The molecule has 0 aliphatic heterocycles. The first-order valence-corrected chi connectivity index (χ1v) is 5.96. The second-order valence-electron chi connectivity index (χ2n) is 4.87. The predicted octanol–water partition coefficient (Wildman–Crippen LogP) is 2.81. The summed E-state index contributed by atoms with van der Waals surface area (Å²) in [5.41, 5.74) is -0.0781. The lowest BCUT2D eigenvalue weighted by atomic mass is 9.88. The summed E-state index contributed by atoms with van der Waals surface area (Å²) in [6.45, 7) is 3.79. The van der Waals surface area contributed by atoms with Gasteiger partial charge in [0.05, 0.1) is 5.54 Å². The standard InChI is InChI=1S/C14H19F2NO/c1-5-14(2,17(3)4)13(18)9-10-6-7-11(15)12(16)8-10/h6-8H,5,9H2,1-4H3. The van der Waals surface area contributed by atoms with Crippen molar-refractivity contribution in [3.63, 3.8) is 0 Å². The highest BCUT2D eigenvalue weighted by molar-refractivity contribution is 5.89. The minimum absolute atomic E-state index is 0.000933. The highest BCUT2D eigenvalue weighted by Gasteiger charge is 2.33. The molecule has 2 nitrogen and oxygen atoms in total. The van der Waals surface area contributed by atoms with Gasteiger partial charge >= 0.3 is 0 Å². The molecular weight excluding hydrogens is 236 g/mol. The fourth-order valence-corrected chi connectivity index (χ4v) is 1.79. The molecule has 4 heteroatoms. The van der Waals surface area contributed by atoms with Crippen LogP contribution in [0.5, 0.6) is 0 Å². The zero-order valence-electron chi connectivity index (χ0n) is 11.3. The molecule has 1 atom stereocenters. The molecule has 0 heterocycles. The van der Waals surface area contributed by atoms with Crippen molar-refractivity contribution in [3.8, 4) is 0 Å². The molecule has 1 unspecified atom stereocenters. The minimum atomic E-state index is -0.914. The molecule has 0 saturated carbocycles. The molecule has 1 aromatic carbocycles. The number of benzene rings is 1. The topological polar surface area (TPSA) is 20.3 Å². The Labute approximate surface area is 107 Å². The molecular formula is C14H19F2NO. The Morgan fingerprint density at radius 3 is 2.33 bits per heavy atom. The minimum Gasteiger partial charge on any atom is -0.297 e. The Morgan fingerprint density at radius 2 is 1.89 bits per heavy atom. The first kappa shape index (κ1) is 14.8. The van der Waals surface area contributed by atoms with Crippen molar-refractivity contribution in [3.05, 3.63) is 35.4 Å². The molecule has 100 valence electrons. The first-order chi connectivity index (χ1) is 8.31. The van der Waals surface area contributed by atoms with Crippen molar-refractivity contribution in [2.24, 2.45) is 0 Å². The van der Waals surface area contributed by atoms with Crippen LogP contribution in [0.4, 0.5) is 8.78 Å². The lowest BCUT2D eigenvalue weighted by molar-refractivity contribution is -0.128. The van der Waals surface area contributed by atoms with Gasteiger partial charge in [0.2, 0.25) is 0 Å². The van der Waals surface area contributed by atoms with Gasteiger partial charge in [-0.15, -0.1) is 0 Å². The molecule has 18 heavy (non-hydrogen) atoms. The van der Waals surface area contributed by atoms with E-state index < -0.39 is 17.2 Å². The maximum atomic E-state index is 13.1. The van der Waals surface area contributed by atoms with E-state index in [1.165, 1.54) is 6.07 Å². The van der Waals surface area contributed by atoms with Crippen LogP contribution in [0.2, 0.25) is 0 Å². The summed E-state index contributed by atoms with van der Waals surface area (Å²) in [6, 6.07) is 3.58. The van der Waals surface area contributed by atoms with Gasteiger partial charge in [-0.2, -0.15) is 0 Å². The molecule has 1 rings (SSSR count). The molecule has 1 aromatic rings. The SMILES string of the molecule is CCC(C)(C(=O)Cc1ccc(F)c(F)c1)N(C)C. The summed E-state index contributed by atoms with van der Waals surface area (Å²) in [4.78, 5) is 14.1. The fraction of sp³-hybridized carbons (Fsp3) is 0.500. The summed E-state index contributed by atoms with van der Waals surface area (Å²) < 4.78 is 25.9. The highest BCUT2D eigenvalue weighted by atomic mass is 19.2. The maximum Gasteiger partial charge on any atom is 0.159 e. The quantitative estimate of drug-likeness (QED) is 0.806. The van der Waals surface area contributed by atoms with Gasteiger partial charge in [-0.1, -0.05) is 13.0 Å². The van der Waals surface area contributed by atoms with Gasteiger partial charge in [0.1, 0.15) is 0 Å². The number of nitrogens with zero attached hydrogens (tertiary/aromatic N) is 1. The van der Waals surface area contributed by atoms with Crippen LogP contribution in [0.3, 0.4) is 0 Å². The number of rotatable bonds is 5. The van der Waals surface area contributed by atoms with Crippen LogP contribution in [0.15, 0.2) is 18.2 Å².